The van der Waals surface area contributed by atoms with Crippen molar-refractivity contribution in [3.8, 4) is 5.75 Å². The molecule has 0 radical (unpaired) electrons. The molecular formula is C15H21F3N2O3. The van der Waals surface area contributed by atoms with E-state index in [4.69, 9.17) is 5.11 Å². The molecule has 130 valence electrons. The maximum Gasteiger partial charge on any atom is 0.422 e. The lowest BCUT2D eigenvalue weighted by Crippen LogP contribution is -2.42. The standard InChI is InChI=1S/C15H21F3N2O3/c1-10(7-8-21)19-14(22)20-11(2)12-3-5-13(6-4-12)23-9-15(16,17)18/h3-6,10-11,21H,7-9H2,1-2H3,(H2,19,20,22)/t10-,11?/m1/s1. The summed E-state index contributed by atoms with van der Waals surface area (Å²) in [4.78, 5) is 11.7. The van der Waals surface area contributed by atoms with Gasteiger partial charge in [0.1, 0.15) is 5.75 Å². The Morgan fingerprint density at radius 3 is 2.35 bits per heavy atom. The monoisotopic (exact) mass is 334 g/mol. The van der Waals surface area contributed by atoms with Crippen molar-refractivity contribution in [1.82, 2.24) is 10.6 Å². The Bertz CT molecular complexity index is 492. The predicted octanol–water partition coefficient (Wildman–Crippen LogP) is 2.76. The van der Waals surface area contributed by atoms with Gasteiger partial charge in [-0.25, -0.2) is 4.79 Å². The Morgan fingerprint density at radius 1 is 1.22 bits per heavy atom. The number of aliphatic hydroxyl groups is 1. The lowest BCUT2D eigenvalue weighted by Gasteiger charge is -2.18. The van der Waals surface area contributed by atoms with Gasteiger partial charge in [-0.15, -0.1) is 0 Å². The average molecular weight is 334 g/mol. The van der Waals surface area contributed by atoms with E-state index in [-0.39, 0.29) is 30.5 Å². The fourth-order valence-corrected chi connectivity index (χ4v) is 1.83. The molecule has 1 aromatic rings. The molecule has 0 fully saturated rings. The zero-order valence-electron chi connectivity index (χ0n) is 13.0. The molecule has 2 amide bonds. The van der Waals surface area contributed by atoms with Crippen molar-refractivity contribution >= 4 is 6.03 Å². The minimum atomic E-state index is -4.38. The molecule has 0 heterocycles. The molecule has 0 saturated heterocycles. The van der Waals surface area contributed by atoms with Crippen molar-refractivity contribution in [2.24, 2.45) is 0 Å². The van der Waals surface area contributed by atoms with E-state index in [0.29, 0.717) is 6.42 Å². The summed E-state index contributed by atoms with van der Waals surface area (Å²) in [5, 5.41) is 14.2. The molecule has 1 unspecified atom stereocenters. The molecular weight excluding hydrogens is 313 g/mol. The van der Waals surface area contributed by atoms with Gasteiger partial charge in [0, 0.05) is 12.6 Å². The molecule has 5 nitrogen and oxygen atoms in total. The normalized spacial score (nSPS) is 14.0. The van der Waals surface area contributed by atoms with Gasteiger partial charge in [0.15, 0.2) is 6.61 Å². The summed E-state index contributed by atoms with van der Waals surface area (Å²) in [6, 6.07) is 5.16. The van der Waals surface area contributed by atoms with Crippen molar-refractivity contribution in [3.63, 3.8) is 0 Å². The molecule has 0 aliphatic rings. The Morgan fingerprint density at radius 2 is 1.83 bits per heavy atom. The third-order valence-electron chi connectivity index (χ3n) is 3.07. The Hall–Kier alpha value is -1.96. The number of ether oxygens (including phenoxy) is 1. The number of benzene rings is 1. The van der Waals surface area contributed by atoms with Crippen molar-refractivity contribution in [1.29, 1.82) is 0 Å². The number of carbonyl (C=O) groups is 1. The molecule has 23 heavy (non-hydrogen) atoms. The number of hydrogen-bond acceptors (Lipinski definition) is 3. The Kier molecular flexibility index (Phi) is 7.15. The zero-order chi connectivity index (χ0) is 17.5. The number of alkyl halides is 3. The van der Waals surface area contributed by atoms with Crippen LogP contribution in [0.1, 0.15) is 31.9 Å². The zero-order valence-corrected chi connectivity index (χ0v) is 13.0. The maximum absolute atomic E-state index is 12.1. The number of carbonyl (C=O) groups excluding carboxylic acids is 1. The minimum Gasteiger partial charge on any atom is -0.484 e. The van der Waals surface area contributed by atoms with Gasteiger partial charge in [-0.1, -0.05) is 12.1 Å². The first-order valence-electron chi connectivity index (χ1n) is 7.18. The van der Waals surface area contributed by atoms with Crippen LogP contribution in [-0.2, 0) is 0 Å². The van der Waals surface area contributed by atoms with Gasteiger partial charge in [-0.3, -0.25) is 0 Å². The summed E-state index contributed by atoms with van der Waals surface area (Å²) in [6.45, 7) is 2.16. The number of aliphatic hydroxyl groups excluding tert-OH is 1. The number of rotatable bonds is 7. The van der Waals surface area contributed by atoms with Gasteiger partial charge in [0.05, 0.1) is 6.04 Å². The largest absolute Gasteiger partial charge is 0.484 e. The van der Waals surface area contributed by atoms with Crippen LogP contribution in [0.2, 0.25) is 0 Å². The average Bonchev–Trinajstić information content (AvgIpc) is 2.44. The predicted molar refractivity (Wildman–Crippen MR) is 79.2 cm³/mol. The summed E-state index contributed by atoms with van der Waals surface area (Å²) in [7, 11) is 0. The van der Waals surface area contributed by atoms with Gasteiger partial charge in [0.2, 0.25) is 0 Å². The number of nitrogens with one attached hydrogen (secondary N) is 2. The van der Waals surface area contributed by atoms with Crippen LogP contribution in [0.4, 0.5) is 18.0 Å². The lowest BCUT2D eigenvalue weighted by atomic mass is 10.1. The van der Waals surface area contributed by atoms with Crippen molar-refractivity contribution < 1.29 is 27.8 Å². The highest BCUT2D eigenvalue weighted by molar-refractivity contribution is 5.74. The highest BCUT2D eigenvalue weighted by atomic mass is 19.4. The van der Waals surface area contributed by atoms with Crippen LogP contribution in [0.25, 0.3) is 0 Å². The number of amides is 2. The first kappa shape index (κ1) is 19.1. The summed E-state index contributed by atoms with van der Waals surface area (Å²) in [5.41, 5.74) is 0.731. The SMILES string of the molecule is CC(NC(=O)N[C@H](C)CCO)c1ccc(OCC(F)(F)F)cc1. The van der Waals surface area contributed by atoms with E-state index in [1.807, 2.05) is 0 Å². The van der Waals surface area contributed by atoms with E-state index in [1.165, 1.54) is 12.1 Å². The smallest absolute Gasteiger partial charge is 0.422 e. The van der Waals surface area contributed by atoms with Crippen LogP contribution in [0.5, 0.6) is 5.75 Å². The fraction of sp³-hybridized carbons (Fsp3) is 0.533. The van der Waals surface area contributed by atoms with Crippen LogP contribution in [0.3, 0.4) is 0 Å². The highest BCUT2D eigenvalue weighted by Crippen LogP contribution is 2.21. The Balaban J connectivity index is 2.50. The molecule has 0 aliphatic carbocycles. The molecule has 0 aliphatic heterocycles. The maximum atomic E-state index is 12.1. The fourth-order valence-electron chi connectivity index (χ4n) is 1.83. The van der Waals surface area contributed by atoms with Gasteiger partial charge >= 0.3 is 12.2 Å². The Labute approximate surface area is 132 Å². The van der Waals surface area contributed by atoms with Crippen molar-refractivity contribution in [3.05, 3.63) is 29.8 Å². The first-order valence-corrected chi connectivity index (χ1v) is 7.18. The number of hydrogen-bond donors (Lipinski definition) is 3. The highest BCUT2D eigenvalue weighted by Gasteiger charge is 2.28. The molecule has 1 rings (SSSR count). The third-order valence-corrected chi connectivity index (χ3v) is 3.07. The van der Waals surface area contributed by atoms with Crippen molar-refractivity contribution in [2.75, 3.05) is 13.2 Å². The van der Waals surface area contributed by atoms with E-state index in [2.05, 4.69) is 15.4 Å². The van der Waals surface area contributed by atoms with Crippen LogP contribution < -0.4 is 15.4 Å². The quantitative estimate of drug-likeness (QED) is 0.718. The lowest BCUT2D eigenvalue weighted by molar-refractivity contribution is -0.153. The second kappa shape index (κ2) is 8.61. The summed E-state index contributed by atoms with van der Waals surface area (Å²) in [6.07, 6.45) is -3.93. The van der Waals surface area contributed by atoms with Crippen molar-refractivity contribution in [2.45, 2.75) is 38.5 Å². The third kappa shape index (κ3) is 7.73. The molecule has 0 bridgehead atoms. The van der Waals surface area contributed by atoms with E-state index >= 15 is 0 Å². The second-order valence-electron chi connectivity index (χ2n) is 5.23. The second-order valence-corrected chi connectivity index (χ2v) is 5.23. The molecule has 3 N–H and O–H groups in total. The first-order chi connectivity index (χ1) is 10.7. The van der Waals surface area contributed by atoms with Gasteiger partial charge < -0.3 is 20.5 Å². The van der Waals surface area contributed by atoms with Crippen LogP contribution in [-0.4, -0.2) is 36.6 Å². The summed E-state index contributed by atoms with van der Waals surface area (Å²) >= 11 is 0. The number of urea groups is 1. The molecule has 0 aromatic heterocycles. The molecule has 2 atom stereocenters. The molecule has 0 saturated carbocycles. The summed E-state index contributed by atoms with van der Waals surface area (Å²) < 4.78 is 40.8. The van der Waals surface area contributed by atoms with Gasteiger partial charge in [-0.2, -0.15) is 13.2 Å². The van der Waals surface area contributed by atoms with Crippen LogP contribution in [0.15, 0.2) is 24.3 Å². The molecule has 8 heteroatoms. The molecule has 0 spiro atoms. The molecule has 1 aromatic carbocycles. The van der Waals surface area contributed by atoms with E-state index in [0.717, 1.165) is 5.56 Å². The van der Waals surface area contributed by atoms with E-state index in [1.54, 1.807) is 26.0 Å². The van der Waals surface area contributed by atoms with E-state index < -0.39 is 12.8 Å². The number of halogens is 3. The van der Waals surface area contributed by atoms with E-state index in [9.17, 15) is 18.0 Å². The topological polar surface area (TPSA) is 70.6 Å². The van der Waals surface area contributed by atoms with Gasteiger partial charge in [0.25, 0.3) is 0 Å². The minimum absolute atomic E-state index is 0.0175. The van der Waals surface area contributed by atoms with Crippen LogP contribution >= 0.6 is 0 Å². The summed E-state index contributed by atoms with van der Waals surface area (Å²) in [5.74, 6) is 0.110. The van der Waals surface area contributed by atoms with Crippen LogP contribution in [0, 0.1) is 0 Å². The van der Waals surface area contributed by atoms with Gasteiger partial charge in [-0.05, 0) is 38.0 Å².